The number of nitro groups is 1. The summed E-state index contributed by atoms with van der Waals surface area (Å²) in [6.07, 6.45) is 0. The number of nitro benzene ring substituents is 1. The summed E-state index contributed by atoms with van der Waals surface area (Å²) >= 11 is 0. The van der Waals surface area contributed by atoms with Crippen LogP contribution in [0.4, 0.5) is 10.5 Å². The highest BCUT2D eigenvalue weighted by Gasteiger charge is 2.39. The van der Waals surface area contributed by atoms with E-state index in [0.29, 0.717) is 16.8 Å². The van der Waals surface area contributed by atoms with E-state index < -0.39 is 16.9 Å². The number of esters is 1. The minimum Gasteiger partial charge on any atom is -0.466 e. The smallest absolute Gasteiger partial charge is 0.337 e. The van der Waals surface area contributed by atoms with Crippen LogP contribution in [0, 0.1) is 10.1 Å². The van der Waals surface area contributed by atoms with Gasteiger partial charge in [0.25, 0.3) is 5.69 Å². The zero-order valence-corrected chi connectivity index (χ0v) is 13.3. The number of carbonyl (C=O) groups excluding carboxylic acids is 2. The molecule has 8 heteroatoms. The largest absolute Gasteiger partial charge is 0.466 e. The Morgan fingerprint density at radius 3 is 2.30 bits per heavy atom. The van der Waals surface area contributed by atoms with E-state index in [-0.39, 0.29) is 11.7 Å². The number of likely N-dealkylation sites (N-methyl/N-ethyl adjacent to an activating group) is 1. The molecule has 0 spiro atoms. The van der Waals surface area contributed by atoms with Crippen molar-refractivity contribution in [3.05, 3.63) is 51.2 Å². The molecule has 1 heterocycles. The molecule has 0 bridgehead atoms. The Balaban J connectivity index is 2.57. The monoisotopic (exact) mass is 319 g/mol. The van der Waals surface area contributed by atoms with Gasteiger partial charge in [-0.1, -0.05) is 0 Å². The van der Waals surface area contributed by atoms with E-state index in [1.54, 1.807) is 21.0 Å². The first-order valence-electron chi connectivity index (χ1n) is 6.83. The summed E-state index contributed by atoms with van der Waals surface area (Å²) < 4.78 is 4.84. The maximum atomic E-state index is 12.3. The highest BCUT2D eigenvalue weighted by atomic mass is 16.6. The Hall–Kier alpha value is -2.90. The standard InChI is InChI=1S/C15H17N3O5/c1-9-12(14(19)23-4)13(17(3)15(20)16(9)2)10-5-7-11(8-6-10)18(21)22/h5-8,13H,1-4H3. The first-order chi connectivity index (χ1) is 10.8. The Kier molecular flexibility index (Phi) is 4.35. The second kappa shape index (κ2) is 6.07. The molecule has 1 aliphatic heterocycles. The Labute approximate surface area is 133 Å². The van der Waals surface area contributed by atoms with Crippen LogP contribution in [0.1, 0.15) is 18.5 Å². The van der Waals surface area contributed by atoms with E-state index in [1.165, 1.54) is 41.2 Å². The first kappa shape index (κ1) is 16.5. The summed E-state index contributed by atoms with van der Waals surface area (Å²) in [6.45, 7) is 1.66. The molecule has 0 saturated carbocycles. The summed E-state index contributed by atoms with van der Waals surface area (Å²) in [5.74, 6) is -0.544. The lowest BCUT2D eigenvalue weighted by Crippen LogP contribution is -2.47. The van der Waals surface area contributed by atoms with Crippen molar-refractivity contribution in [3.8, 4) is 0 Å². The molecule has 0 aliphatic carbocycles. The molecule has 2 amide bonds. The molecule has 1 atom stereocenters. The number of hydrogen-bond donors (Lipinski definition) is 0. The second-order valence-corrected chi connectivity index (χ2v) is 5.19. The maximum Gasteiger partial charge on any atom is 0.337 e. The predicted octanol–water partition coefficient (Wildman–Crippen LogP) is 2.08. The van der Waals surface area contributed by atoms with Crippen molar-refractivity contribution in [1.29, 1.82) is 0 Å². The summed E-state index contributed by atoms with van der Waals surface area (Å²) in [5, 5.41) is 10.8. The van der Waals surface area contributed by atoms with Crippen LogP contribution in [0.25, 0.3) is 0 Å². The lowest BCUT2D eigenvalue weighted by Gasteiger charge is -2.39. The Bertz CT molecular complexity index is 696. The van der Waals surface area contributed by atoms with Gasteiger partial charge in [0.2, 0.25) is 0 Å². The molecule has 1 aliphatic rings. The Morgan fingerprint density at radius 2 is 1.83 bits per heavy atom. The molecule has 1 unspecified atom stereocenters. The van der Waals surface area contributed by atoms with Gasteiger partial charge in [-0.2, -0.15) is 0 Å². The van der Waals surface area contributed by atoms with Crippen LogP contribution in [-0.4, -0.2) is 47.9 Å². The van der Waals surface area contributed by atoms with E-state index in [0.717, 1.165) is 0 Å². The van der Waals surface area contributed by atoms with E-state index >= 15 is 0 Å². The van der Waals surface area contributed by atoms with Gasteiger partial charge in [0.1, 0.15) is 0 Å². The molecule has 1 aromatic rings. The zero-order chi connectivity index (χ0) is 17.3. The van der Waals surface area contributed by atoms with E-state index in [4.69, 9.17) is 4.74 Å². The van der Waals surface area contributed by atoms with E-state index in [2.05, 4.69) is 0 Å². The van der Waals surface area contributed by atoms with Crippen LogP contribution in [0.15, 0.2) is 35.5 Å². The number of amides is 2. The molecule has 23 heavy (non-hydrogen) atoms. The van der Waals surface area contributed by atoms with Crippen molar-refractivity contribution >= 4 is 17.7 Å². The topological polar surface area (TPSA) is 93.0 Å². The maximum absolute atomic E-state index is 12.3. The van der Waals surface area contributed by atoms with Crippen molar-refractivity contribution in [1.82, 2.24) is 9.80 Å². The van der Waals surface area contributed by atoms with E-state index in [9.17, 15) is 19.7 Å². The third-order valence-electron chi connectivity index (χ3n) is 3.97. The quantitative estimate of drug-likeness (QED) is 0.483. The van der Waals surface area contributed by atoms with Crippen LogP contribution in [0.5, 0.6) is 0 Å². The molecule has 0 saturated heterocycles. The van der Waals surface area contributed by atoms with Crippen LogP contribution in [0.2, 0.25) is 0 Å². The van der Waals surface area contributed by atoms with Gasteiger partial charge in [-0.15, -0.1) is 0 Å². The molecule has 122 valence electrons. The molecule has 0 radical (unpaired) electrons. The number of rotatable bonds is 3. The molecule has 0 N–H and O–H groups in total. The molecular weight excluding hydrogens is 302 g/mol. The van der Waals surface area contributed by atoms with Crippen LogP contribution in [0.3, 0.4) is 0 Å². The molecule has 8 nitrogen and oxygen atoms in total. The fourth-order valence-corrected chi connectivity index (χ4v) is 2.60. The number of allylic oxidation sites excluding steroid dienone is 1. The van der Waals surface area contributed by atoms with Gasteiger partial charge in [0, 0.05) is 31.9 Å². The predicted molar refractivity (Wildman–Crippen MR) is 81.5 cm³/mol. The van der Waals surface area contributed by atoms with Crippen molar-refractivity contribution in [3.63, 3.8) is 0 Å². The SMILES string of the molecule is COC(=O)C1=C(C)N(C)C(=O)N(C)C1c1ccc([N+](=O)[O-])cc1. The lowest BCUT2D eigenvalue weighted by atomic mass is 9.93. The Morgan fingerprint density at radius 1 is 1.26 bits per heavy atom. The number of methoxy groups -OCH3 is 1. The number of ether oxygens (including phenoxy) is 1. The van der Waals surface area contributed by atoms with Gasteiger partial charge >= 0.3 is 12.0 Å². The molecule has 2 rings (SSSR count). The third kappa shape index (κ3) is 2.75. The number of hydrogen-bond acceptors (Lipinski definition) is 5. The fourth-order valence-electron chi connectivity index (χ4n) is 2.60. The number of non-ortho nitro benzene ring substituents is 1. The minimum atomic E-state index is -0.660. The van der Waals surface area contributed by atoms with Crippen molar-refractivity contribution in [2.45, 2.75) is 13.0 Å². The summed E-state index contributed by atoms with van der Waals surface area (Å²) in [7, 11) is 4.41. The highest BCUT2D eigenvalue weighted by molar-refractivity contribution is 5.94. The average Bonchev–Trinajstić information content (AvgIpc) is 2.55. The molecule has 1 aromatic carbocycles. The number of benzene rings is 1. The molecule has 0 fully saturated rings. The van der Waals surface area contributed by atoms with Gasteiger partial charge in [-0.25, -0.2) is 9.59 Å². The van der Waals surface area contributed by atoms with Gasteiger partial charge in [-0.05, 0) is 24.6 Å². The molecule has 0 aromatic heterocycles. The minimum absolute atomic E-state index is 0.0593. The van der Waals surface area contributed by atoms with Crippen LogP contribution in [-0.2, 0) is 9.53 Å². The van der Waals surface area contributed by atoms with Crippen molar-refractivity contribution in [2.24, 2.45) is 0 Å². The second-order valence-electron chi connectivity index (χ2n) is 5.19. The molecular formula is C15H17N3O5. The van der Waals surface area contributed by atoms with Crippen molar-refractivity contribution < 1.29 is 19.2 Å². The average molecular weight is 319 g/mol. The normalized spacial score (nSPS) is 18.3. The van der Waals surface area contributed by atoms with Gasteiger partial charge in [0.15, 0.2) is 0 Å². The van der Waals surface area contributed by atoms with Crippen LogP contribution < -0.4 is 0 Å². The van der Waals surface area contributed by atoms with Crippen molar-refractivity contribution in [2.75, 3.05) is 21.2 Å². The third-order valence-corrected chi connectivity index (χ3v) is 3.97. The van der Waals surface area contributed by atoms with Crippen LogP contribution >= 0.6 is 0 Å². The van der Waals surface area contributed by atoms with Gasteiger partial charge in [0.05, 0.1) is 23.6 Å². The summed E-state index contributed by atoms with van der Waals surface area (Å²) in [5.41, 5.74) is 1.35. The first-order valence-corrected chi connectivity index (χ1v) is 6.83. The van der Waals surface area contributed by atoms with E-state index in [1.807, 2.05) is 0 Å². The van der Waals surface area contributed by atoms with Gasteiger partial charge in [-0.3, -0.25) is 10.1 Å². The highest BCUT2D eigenvalue weighted by Crippen LogP contribution is 2.36. The number of urea groups is 1. The summed E-state index contributed by atoms with van der Waals surface area (Å²) in [6, 6.07) is 4.82. The fraction of sp³-hybridized carbons (Fsp3) is 0.333. The zero-order valence-electron chi connectivity index (χ0n) is 13.3. The number of carbonyl (C=O) groups is 2. The van der Waals surface area contributed by atoms with Gasteiger partial charge < -0.3 is 14.5 Å². The lowest BCUT2D eigenvalue weighted by molar-refractivity contribution is -0.384. The number of nitrogens with zero attached hydrogens (tertiary/aromatic N) is 3. The summed E-state index contributed by atoms with van der Waals surface area (Å²) in [4.78, 5) is 37.5.